The Morgan fingerprint density at radius 3 is 1.94 bits per heavy atom. The highest BCUT2D eigenvalue weighted by atomic mass is 32.1. The second-order valence-electron chi connectivity index (χ2n) is 3.70. The van der Waals surface area contributed by atoms with Gasteiger partial charge in [-0.2, -0.15) is 0 Å². The van der Waals surface area contributed by atoms with E-state index in [9.17, 15) is 15.3 Å². The minimum Gasteiger partial charge on any atom is -0.394 e. The van der Waals surface area contributed by atoms with Crippen LogP contribution in [0.4, 0.5) is 0 Å². The molecule has 0 rings (SSSR count). The lowest BCUT2D eigenvalue weighted by Crippen LogP contribution is -2.49. The van der Waals surface area contributed by atoms with Crippen LogP contribution in [0.5, 0.6) is 0 Å². The first-order chi connectivity index (χ1) is 7.31. The number of nitrogens with zero attached hydrogens (tertiary/aromatic N) is 1. The maximum absolute atomic E-state index is 9.55. The third-order valence-electron chi connectivity index (χ3n) is 2.32. The molecule has 0 aliphatic heterocycles. The molecular formula is C9H19NO5S. The smallest absolute Gasteiger partial charge is 0.111 e. The fourth-order valence-corrected chi connectivity index (χ4v) is 1.15. The normalized spacial score (nSPS) is 18.7. The maximum atomic E-state index is 9.55. The van der Waals surface area contributed by atoms with Crippen molar-refractivity contribution in [2.24, 2.45) is 0 Å². The first kappa shape index (κ1) is 15.7. The molecule has 0 heterocycles. The van der Waals surface area contributed by atoms with E-state index in [1.165, 1.54) is 4.90 Å². The molecule has 0 fully saturated rings. The molecule has 96 valence electrons. The van der Waals surface area contributed by atoms with Gasteiger partial charge in [0.1, 0.15) is 18.3 Å². The van der Waals surface area contributed by atoms with Crippen LogP contribution in [0.25, 0.3) is 0 Å². The highest BCUT2D eigenvalue weighted by Crippen LogP contribution is 2.06. The SMILES string of the molecule is CC(=S)N(C)CC(O)C(O)C(O)C(O)CO. The van der Waals surface area contributed by atoms with Gasteiger partial charge in [-0.3, -0.25) is 0 Å². The average Bonchev–Trinajstić information content (AvgIpc) is 2.25. The first-order valence-corrected chi connectivity index (χ1v) is 5.26. The van der Waals surface area contributed by atoms with Crippen LogP contribution in [-0.4, -0.2) is 80.0 Å². The van der Waals surface area contributed by atoms with Crippen molar-refractivity contribution in [3.63, 3.8) is 0 Å². The molecule has 0 saturated heterocycles. The Morgan fingerprint density at radius 2 is 1.56 bits per heavy atom. The lowest BCUT2D eigenvalue weighted by molar-refractivity contribution is -0.116. The standard InChI is InChI=1S/C9H19NO5S/c1-5(16)10(2)3-6(12)8(14)9(15)7(13)4-11/h6-9,11-15H,3-4H2,1-2H3. The molecule has 4 atom stereocenters. The highest BCUT2D eigenvalue weighted by Gasteiger charge is 2.30. The van der Waals surface area contributed by atoms with Crippen LogP contribution >= 0.6 is 12.2 Å². The van der Waals surface area contributed by atoms with Crippen molar-refractivity contribution in [3.8, 4) is 0 Å². The van der Waals surface area contributed by atoms with Crippen molar-refractivity contribution in [2.45, 2.75) is 31.3 Å². The van der Waals surface area contributed by atoms with Gasteiger partial charge in [-0.15, -0.1) is 0 Å². The predicted octanol–water partition coefficient (Wildman–Crippen LogP) is -2.30. The zero-order valence-electron chi connectivity index (χ0n) is 9.32. The van der Waals surface area contributed by atoms with Gasteiger partial charge in [0, 0.05) is 13.6 Å². The van der Waals surface area contributed by atoms with Gasteiger partial charge in [-0.25, -0.2) is 0 Å². The molecule has 4 unspecified atom stereocenters. The topological polar surface area (TPSA) is 104 Å². The van der Waals surface area contributed by atoms with E-state index in [0.29, 0.717) is 4.99 Å². The Kier molecular flexibility index (Phi) is 6.96. The van der Waals surface area contributed by atoms with Gasteiger partial charge < -0.3 is 30.4 Å². The Labute approximate surface area is 99.7 Å². The molecule has 16 heavy (non-hydrogen) atoms. The van der Waals surface area contributed by atoms with E-state index < -0.39 is 31.0 Å². The third-order valence-corrected chi connectivity index (χ3v) is 2.64. The molecule has 0 aliphatic rings. The molecule has 0 aromatic rings. The van der Waals surface area contributed by atoms with E-state index in [2.05, 4.69) is 0 Å². The average molecular weight is 253 g/mol. The zero-order chi connectivity index (χ0) is 12.9. The largest absolute Gasteiger partial charge is 0.394 e. The Bertz CT molecular complexity index is 228. The summed E-state index contributed by atoms with van der Waals surface area (Å²) in [4.78, 5) is 2.06. The summed E-state index contributed by atoms with van der Waals surface area (Å²) < 4.78 is 0. The fourth-order valence-electron chi connectivity index (χ4n) is 1.08. The van der Waals surface area contributed by atoms with E-state index in [1.54, 1.807) is 14.0 Å². The van der Waals surface area contributed by atoms with Crippen LogP contribution in [-0.2, 0) is 0 Å². The number of aliphatic hydroxyl groups excluding tert-OH is 5. The second kappa shape index (κ2) is 7.10. The summed E-state index contributed by atoms with van der Waals surface area (Å²) in [5.41, 5.74) is 0. The molecule has 0 spiro atoms. The van der Waals surface area contributed by atoms with Crippen LogP contribution in [0.2, 0.25) is 0 Å². The van der Waals surface area contributed by atoms with E-state index in [4.69, 9.17) is 22.4 Å². The quantitative estimate of drug-likeness (QED) is 0.339. The second-order valence-corrected chi connectivity index (χ2v) is 4.29. The molecular weight excluding hydrogens is 234 g/mol. The molecule has 6 nitrogen and oxygen atoms in total. The van der Waals surface area contributed by atoms with Crippen molar-refractivity contribution in [1.29, 1.82) is 0 Å². The van der Waals surface area contributed by atoms with E-state index in [0.717, 1.165) is 0 Å². The van der Waals surface area contributed by atoms with E-state index >= 15 is 0 Å². The Morgan fingerprint density at radius 1 is 1.12 bits per heavy atom. The summed E-state index contributed by atoms with van der Waals surface area (Å²) >= 11 is 4.84. The lowest BCUT2D eigenvalue weighted by atomic mass is 10.0. The van der Waals surface area contributed by atoms with Crippen molar-refractivity contribution in [3.05, 3.63) is 0 Å². The number of likely N-dealkylation sites (N-methyl/N-ethyl adjacent to an activating group) is 1. The van der Waals surface area contributed by atoms with E-state index in [-0.39, 0.29) is 6.54 Å². The van der Waals surface area contributed by atoms with Crippen LogP contribution in [0.15, 0.2) is 0 Å². The minimum atomic E-state index is -1.60. The van der Waals surface area contributed by atoms with Gasteiger partial charge in [-0.1, -0.05) is 12.2 Å². The van der Waals surface area contributed by atoms with E-state index in [1.807, 2.05) is 0 Å². The van der Waals surface area contributed by atoms with Gasteiger partial charge in [-0.05, 0) is 6.92 Å². The zero-order valence-corrected chi connectivity index (χ0v) is 10.1. The lowest BCUT2D eigenvalue weighted by Gasteiger charge is -2.28. The first-order valence-electron chi connectivity index (χ1n) is 4.86. The molecule has 7 heteroatoms. The van der Waals surface area contributed by atoms with Crippen LogP contribution in [0, 0.1) is 0 Å². The summed E-state index contributed by atoms with van der Waals surface area (Å²) in [5.74, 6) is 0. The molecule has 0 aromatic heterocycles. The van der Waals surface area contributed by atoms with Crippen molar-refractivity contribution >= 4 is 17.2 Å². The van der Waals surface area contributed by atoms with Crippen LogP contribution in [0.3, 0.4) is 0 Å². The van der Waals surface area contributed by atoms with Gasteiger partial charge >= 0.3 is 0 Å². The van der Waals surface area contributed by atoms with Gasteiger partial charge in [0.05, 0.1) is 17.7 Å². The minimum absolute atomic E-state index is 0.0334. The molecule has 0 aromatic carbocycles. The highest BCUT2D eigenvalue weighted by molar-refractivity contribution is 7.80. The van der Waals surface area contributed by atoms with Gasteiger partial charge in [0.2, 0.25) is 0 Å². The van der Waals surface area contributed by atoms with Gasteiger partial charge in [0.15, 0.2) is 0 Å². The van der Waals surface area contributed by atoms with Crippen molar-refractivity contribution < 1.29 is 25.5 Å². The number of aliphatic hydroxyl groups is 5. The van der Waals surface area contributed by atoms with Crippen molar-refractivity contribution in [1.82, 2.24) is 4.90 Å². The fraction of sp³-hybridized carbons (Fsp3) is 0.889. The number of thiocarbonyl (C=S) groups is 1. The summed E-state index contributed by atoms with van der Waals surface area (Å²) in [5, 5.41) is 46.0. The molecule has 0 bridgehead atoms. The van der Waals surface area contributed by atoms with Gasteiger partial charge in [0.25, 0.3) is 0 Å². The monoisotopic (exact) mass is 253 g/mol. The Hall–Kier alpha value is -0.310. The summed E-state index contributed by atoms with van der Waals surface area (Å²) in [7, 11) is 1.63. The molecule has 0 amide bonds. The number of hydrogen-bond donors (Lipinski definition) is 5. The number of rotatable bonds is 6. The summed E-state index contributed by atoms with van der Waals surface area (Å²) in [6.07, 6.45) is -5.89. The predicted molar refractivity (Wildman–Crippen MR) is 62.0 cm³/mol. The van der Waals surface area contributed by atoms with Crippen LogP contribution in [0.1, 0.15) is 6.92 Å². The maximum Gasteiger partial charge on any atom is 0.111 e. The van der Waals surface area contributed by atoms with Crippen LogP contribution < -0.4 is 0 Å². The Balaban J connectivity index is 4.27. The van der Waals surface area contributed by atoms with Crippen molar-refractivity contribution in [2.75, 3.05) is 20.2 Å². The number of hydrogen-bond acceptors (Lipinski definition) is 6. The molecule has 0 aliphatic carbocycles. The molecule has 5 N–H and O–H groups in total. The summed E-state index contributed by atoms with van der Waals surface area (Å²) in [6.45, 7) is 1.01. The molecule has 0 saturated carbocycles. The molecule has 0 radical (unpaired) electrons. The third kappa shape index (κ3) is 4.69. The summed E-state index contributed by atoms with van der Waals surface area (Å²) in [6, 6.07) is 0.